The Morgan fingerprint density at radius 1 is 1.15 bits per heavy atom. The first-order valence-corrected chi connectivity index (χ1v) is 6.71. The Labute approximate surface area is 119 Å². The van der Waals surface area contributed by atoms with Crippen LogP contribution in [0.1, 0.15) is 21.5 Å². The number of hydrogen-bond donors (Lipinski definition) is 2. The molecule has 0 fully saturated rings. The number of rotatable bonds is 6. The highest BCUT2D eigenvalue weighted by atomic mass is 16.1. The largest absolute Gasteiger partial charge is 0.348 e. The third-order valence-electron chi connectivity index (χ3n) is 3.11. The van der Waals surface area contributed by atoms with Gasteiger partial charge in [0.25, 0.3) is 5.91 Å². The van der Waals surface area contributed by atoms with E-state index in [2.05, 4.69) is 15.6 Å². The Balaban J connectivity index is 2.01. The van der Waals surface area contributed by atoms with Crippen LogP contribution in [0.3, 0.4) is 0 Å². The zero-order valence-corrected chi connectivity index (χ0v) is 11.6. The fourth-order valence-corrected chi connectivity index (χ4v) is 2.00. The van der Waals surface area contributed by atoms with E-state index >= 15 is 0 Å². The van der Waals surface area contributed by atoms with Gasteiger partial charge in [-0.3, -0.25) is 9.78 Å². The summed E-state index contributed by atoms with van der Waals surface area (Å²) < 4.78 is 0. The molecule has 2 N–H and O–H groups in total. The number of hydrogen-bond acceptors (Lipinski definition) is 3. The van der Waals surface area contributed by atoms with E-state index < -0.39 is 0 Å². The van der Waals surface area contributed by atoms with E-state index in [0.29, 0.717) is 6.54 Å². The summed E-state index contributed by atoms with van der Waals surface area (Å²) in [6.45, 7) is 1.37. The zero-order chi connectivity index (χ0) is 14.2. The summed E-state index contributed by atoms with van der Waals surface area (Å²) in [5.74, 6) is -0.0338. The first-order chi connectivity index (χ1) is 9.81. The Morgan fingerprint density at radius 2 is 1.90 bits per heavy atom. The maximum atomic E-state index is 12.3. The van der Waals surface area contributed by atoms with Crippen molar-refractivity contribution in [1.29, 1.82) is 0 Å². The monoisotopic (exact) mass is 269 g/mol. The molecule has 0 aliphatic rings. The van der Waals surface area contributed by atoms with Crippen LogP contribution in [0.4, 0.5) is 0 Å². The van der Waals surface area contributed by atoms with Gasteiger partial charge in [0, 0.05) is 24.5 Å². The lowest BCUT2D eigenvalue weighted by Gasteiger charge is -2.10. The Morgan fingerprint density at radius 3 is 2.65 bits per heavy atom. The van der Waals surface area contributed by atoms with Gasteiger partial charge in [0.1, 0.15) is 0 Å². The minimum Gasteiger partial charge on any atom is -0.348 e. The molecular formula is C16H19N3O. The highest BCUT2D eigenvalue weighted by Crippen LogP contribution is 2.09. The molecule has 0 spiro atoms. The van der Waals surface area contributed by atoms with E-state index in [1.54, 1.807) is 12.4 Å². The second kappa shape index (κ2) is 7.40. The van der Waals surface area contributed by atoms with Crippen LogP contribution in [0.2, 0.25) is 0 Å². The molecule has 0 saturated heterocycles. The van der Waals surface area contributed by atoms with Crippen molar-refractivity contribution >= 4 is 5.91 Å². The summed E-state index contributed by atoms with van der Waals surface area (Å²) in [6, 6.07) is 11.5. The van der Waals surface area contributed by atoms with E-state index in [9.17, 15) is 4.79 Å². The predicted octanol–water partition coefficient (Wildman–Crippen LogP) is 1.77. The highest BCUT2D eigenvalue weighted by molar-refractivity contribution is 5.95. The molecule has 0 aliphatic heterocycles. The van der Waals surface area contributed by atoms with Gasteiger partial charge in [-0.25, -0.2) is 0 Å². The van der Waals surface area contributed by atoms with Gasteiger partial charge in [-0.1, -0.05) is 18.2 Å². The van der Waals surface area contributed by atoms with E-state index in [1.807, 2.05) is 43.4 Å². The maximum Gasteiger partial charge on any atom is 0.251 e. The molecule has 104 valence electrons. The molecule has 2 rings (SSSR count). The number of nitrogens with one attached hydrogen (secondary N) is 2. The number of nitrogens with zero attached hydrogens (tertiary/aromatic N) is 1. The molecular weight excluding hydrogens is 250 g/mol. The number of benzene rings is 1. The van der Waals surface area contributed by atoms with Crippen molar-refractivity contribution in [1.82, 2.24) is 15.6 Å². The average molecular weight is 269 g/mol. The van der Waals surface area contributed by atoms with Gasteiger partial charge in [0.15, 0.2) is 0 Å². The van der Waals surface area contributed by atoms with Crippen LogP contribution in [0.25, 0.3) is 0 Å². The van der Waals surface area contributed by atoms with Gasteiger partial charge in [-0.2, -0.15) is 0 Å². The van der Waals surface area contributed by atoms with Gasteiger partial charge in [-0.05, 0) is 49.3 Å². The second-order valence-electron chi connectivity index (χ2n) is 4.55. The molecule has 4 nitrogen and oxygen atoms in total. The highest BCUT2D eigenvalue weighted by Gasteiger charge is 2.09. The Bertz CT molecular complexity index is 555. The van der Waals surface area contributed by atoms with Gasteiger partial charge in [0.05, 0.1) is 0 Å². The van der Waals surface area contributed by atoms with Gasteiger partial charge in [-0.15, -0.1) is 0 Å². The van der Waals surface area contributed by atoms with Crippen molar-refractivity contribution < 1.29 is 4.79 Å². The van der Waals surface area contributed by atoms with Crippen molar-refractivity contribution in [2.24, 2.45) is 0 Å². The van der Waals surface area contributed by atoms with E-state index in [0.717, 1.165) is 29.7 Å². The summed E-state index contributed by atoms with van der Waals surface area (Å²) in [5.41, 5.74) is 2.85. The van der Waals surface area contributed by atoms with E-state index in [4.69, 9.17) is 0 Å². The fraction of sp³-hybridized carbons (Fsp3) is 0.250. The number of aromatic nitrogens is 1. The number of likely N-dealkylation sites (N-methyl/N-ethyl adjacent to an activating group) is 1. The standard InChI is InChI=1S/C16H19N3O/c1-17-9-8-14-4-2-3-5-15(14)16(20)19-12-13-6-10-18-11-7-13/h2-7,10-11,17H,8-9,12H2,1H3,(H,19,20). The summed E-state index contributed by atoms with van der Waals surface area (Å²) >= 11 is 0. The second-order valence-corrected chi connectivity index (χ2v) is 4.55. The number of amides is 1. The maximum absolute atomic E-state index is 12.3. The van der Waals surface area contributed by atoms with Crippen molar-refractivity contribution in [2.45, 2.75) is 13.0 Å². The molecule has 2 aromatic rings. The van der Waals surface area contributed by atoms with Crippen molar-refractivity contribution in [2.75, 3.05) is 13.6 Å². The minimum atomic E-state index is -0.0338. The first kappa shape index (κ1) is 14.2. The molecule has 1 amide bonds. The van der Waals surface area contributed by atoms with Crippen LogP contribution in [0.5, 0.6) is 0 Å². The molecule has 1 aromatic heterocycles. The van der Waals surface area contributed by atoms with Crippen molar-refractivity contribution in [3.8, 4) is 0 Å². The van der Waals surface area contributed by atoms with Gasteiger partial charge >= 0.3 is 0 Å². The minimum absolute atomic E-state index is 0.0338. The lowest BCUT2D eigenvalue weighted by atomic mass is 10.0. The third-order valence-corrected chi connectivity index (χ3v) is 3.11. The van der Waals surface area contributed by atoms with Crippen molar-refractivity contribution in [3.63, 3.8) is 0 Å². The lowest BCUT2D eigenvalue weighted by Crippen LogP contribution is -2.24. The Kier molecular flexibility index (Phi) is 5.26. The molecule has 0 aliphatic carbocycles. The molecule has 0 atom stereocenters. The molecule has 0 saturated carbocycles. The molecule has 1 heterocycles. The van der Waals surface area contributed by atoms with Crippen LogP contribution >= 0.6 is 0 Å². The molecule has 4 heteroatoms. The molecule has 0 radical (unpaired) electrons. The summed E-state index contributed by atoms with van der Waals surface area (Å²) in [7, 11) is 1.91. The summed E-state index contributed by atoms with van der Waals surface area (Å²) in [5, 5.41) is 6.05. The van der Waals surface area contributed by atoms with Crippen LogP contribution in [0, 0.1) is 0 Å². The average Bonchev–Trinajstić information content (AvgIpc) is 2.52. The number of carbonyl (C=O) groups is 1. The summed E-state index contributed by atoms with van der Waals surface area (Å²) in [4.78, 5) is 16.2. The SMILES string of the molecule is CNCCc1ccccc1C(=O)NCc1ccncc1. The molecule has 0 bridgehead atoms. The number of pyridine rings is 1. The number of carbonyl (C=O) groups excluding carboxylic acids is 1. The molecule has 1 aromatic carbocycles. The first-order valence-electron chi connectivity index (χ1n) is 6.71. The van der Waals surface area contributed by atoms with Gasteiger partial charge < -0.3 is 10.6 Å². The third kappa shape index (κ3) is 3.90. The quantitative estimate of drug-likeness (QED) is 0.840. The Hall–Kier alpha value is -2.20. The topological polar surface area (TPSA) is 54.0 Å². The van der Waals surface area contributed by atoms with Crippen LogP contribution in [-0.4, -0.2) is 24.5 Å². The van der Waals surface area contributed by atoms with Crippen molar-refractivity contribution in [3.05, 3.63) is 65.5 Å². The van der Waals surface area contributed by atoms with Gasteiger partial charge in [0.2, 0.25) is 0 Å². The van der Waals surface area contributed by atoms with E-state index in [-0.39, 0.29) is 5.91 Å². The molecule has 20 heavy (non-hydrogen) atoms. The van der Waals surface area contributed by atoms with E-state index in [1.165, 1.54) is 0 Å². The van der Waals surface area contributed by atoms with Crippen LogP contribution < -0.4 is 10.6 Å². The summed E-state index contributed by atoms with van der Waals surface area (Å²) in [6.07, 6.45) is 4.29. The normalized spacial score (nSPS) is 10.2. The van der Waals surface area contributed by atoms with Crippen LogP contribution in [-0.2, 0) is 13.0 Å². The zero-order valence-electron chi connectivity index (χ0n) is 11.6. The predicted molar refractivity (Wildman–Crippen MR) is 79.5 cm³/mol. The smallest absolute Gasteiger partial charge is 0.251 e. The van der Waals surface area contributed by atoms with Crippen LogP contribution in [0.15, 0.2) is 48.8 Å². The lowest BCUT2D eigenvalue weighted by molar-refractivity contribution is 0.0950. The molecule has 0 unspecified atom stereocenters. The fourth-order valence-electron chi connectivity index (χ4n) is 2.00.